The van der Waals surface area contributed by atoms with Crippen molar-refractivity contribution in [3.63, 3.8) is 0 Å². The molecule has 0 N–H and O–H groups in total. The molecule has 248 valence electrons. The summed E-state index contributed by atoms with van der Waals surface area (Å²) in [6.45, 7) is 13.1. The fourth-order valence-electron chi connectivity index (χ4n) is 6.18. The van der Waals surface area contributed by atoms with Gasteiger partial charge in [0, 0.05) is 59.6 Å². The Kier molecular flexibility index (Phi) is 12.0. The van der Waals surface area contributed by atoms with Gasteiger partial charge in [0.2, 0.25) is 0 Å². The summed E-state index contributed by atoms with van der Waals surface area (Å²) in [4.78, 5) is 4.95. The first kappa shape index (κ1) is 34.4. The van der Waals surface area contributed by atoms with Crippen LogP contribution in [-0.4, -0.2) is 26.2 Å². The summed E-state index contributed by atoms with van der Waals surface area (Å²) in [5.74, 6) is 1.48. The van der Waals surface area contributed by atoms with Gasteiger partial charge in [-0.3, -0.25) is 0 Å². The molecule has 0 fully saturated rings. The smallest absolute Gasteiger partial charge is 0.145 e. The molecule has 2 heterocycles. The van der Waals surface area contributed by atoms with Gasteiger partial charge in [-0.05, 0) is 98.5 Å². The predicted octanol–water partition coefficient (Wildman–Crippen LogP) is 11.8. The highest BCUT2D eigenvalue weighted by Gasteiger charge is 2.19. The van der Waals surface area contributed by atoms with Crippen LogP contribution < -0.4 is 9.80 Å². The first-order chi connectivity index (χ1) is 23.5. The quantitative estimate of drug-likeness (QED) is 0.0941. The third kappa shape index (κ3) is 7.95. The first-order valence-corrected chi connectivity index (χ1v) is 17.8. The second-order valence-corrected chi connectivity index (χ2v) is 12.6. The van der Waals surface area contributed by atoms with Crippen LogP contribution in [0.1, 0.15) is 84.6 Å². The molecule has 0 saturated carbocycles. The van der Waals surface area contributed by atoms with Crippen molar-refractivity contribution in [1.29, 1.82) is 10.5 Å². The molecule has 0 unspecified atom stereocenters. The van der Waals surface area contributed by atoms with E-state index < -0.39 is 0 Å². The van der Waals surface area contributed by atoms with E-state index in [2.05, 4.69) is 86.0 Å². The summed E-state index contributed by atoms with van der Waals surface area (Å²) in [6.07, 6.45) is 11.0. The Balaban J connectivity index is 1.53. The van der Waals surface area contributed by atoms with E-state index in [0.717, 1.165) is 59.4 Å². The number of furan rings is 2. The number of rotatable bonds is 17. The third-order valence-electron chi connectivity index (χ3n) is 9.01. The molecule has 5 aromatic rings. The number of anilines is 2. The predicted molar refractivity (Wildman–Crippen MR) is 200 cm³/mol. The highest BCUT2D eigenvalue weighted by Crippen LogP contribution is 2.40. The number of hydrogen-bond acceptors (Lipinski definition) is 6. The Hall–Kier alpha value is -4.94. The maximum atomic E-state index is 9.55. The molecule has 0 amide bonds. The Morgan fingerprint density at radius 2 is 1.04 bits per heavy atom. The zero-order valence-corrected chi connectivity index (χ0v) is 29.0. The number of nitrogens with zero attached hydrogens (tertiary/aromatic N) is 4. The first-order valence-electron chi connectivity index (χ1n) is 17.8. The lowest BCUT2D eigenvalue weighted by Gasteiger charge is -2.24. The minimum Gasteiger partial charge on any atom is -0.455 e. The van der Waals surface area contributed by atoms with Gasteiger partial charge in [-0.2, -0.15) is 10.5 Å². The molecule has 6 heteroatoms. The van der Waals surface area contributed by atoms with Crippen LogP contribution in [0.15, 0.2) is 81.1 Å². The summed E-state index contributed by atoms with van der Waals surface area (Å²) < 4.78 is 13.0. The number of hydrogen-bond donors (Lipinski definition) is 0. The minimum atomic E-state index is 0.0206. The van der Waals surface area contributed by atoms with Crippen LogP contribution in [-0.2, 0) is 0 Å². The van der Waals surface area contributed by atoms with Crippen LogP contribution in [0.3, 0.4) is 0 Å². The van der Waals surface area contributed by atoms with Crippen molar-refractivity contribution in [1.82, 2.24) is 0 Å². The van der Waals surface area contributed by atoms with Crippen molar-refractivity contribution in [2.45, 2.75) is 79.1 Å². The summed E-state index contributed by atoms with van der Waals surface area (Å²) in [7, 11) is 0. The molecule has 2 aromatic heterocycles. The van der Waals surface area contributed by atoms with E-state index in [1.54, 1.807) is 6.08 Å². The van der Waals surface area contributed by atoms with Crippen molar-refractivity contribution in [3.8, 4) is 34.8 Å². The molecule has 0 bridgehead atoms. The fraction of sp³-hybridized carbons (Fsp3) is 0.381. The Bertz CT molecular complexity index is 1870. The molecule has 0 spiro atoms. The lowest BCUT2D eigenvalue weighted by Crippen LogP contribution is -2.25. The van der Waals surface area contributed by atoms with E-state index in [-0.39, 0.29) is 5.57 Å². The van der Waals surface area contributed by atoms with Gasteiger partial charge in [0.05, 0.1) is 5.39 Å². The van der Waals surface area contributed by atoms with Gasteiger partial charge >= 0.3 is 0 Å². The average Bonchev–Trinajstić information content (AvgIpc) is 3.76. The average molecular weight is 641 g/mol. The largest absolute Gasteiger partial charge is 0.455 e. The molecule has 0 saturated heterocycles. The van der Waals surface area contributed by atoms with Crippen LogP contribution in [0, 0.1) is 22.7 Å². The van der Waals surface area contributed by atoms with Gasteiger partial charge < -0.3 is 18.6 Å². The molecule has 0 radical (unpaired) electrons. The van der Waals surface area contributed by atoms with Crippen molar-refractivity contribution in [2.75, 3.05) is 36.0 Å². The highest BCUT2D eigenvalue weighted by molar-refractivity contribution is 6.08. The van der Waals surface area contributed by atoms with E-state index in [0.29, 0.717) is 16.9 Å². The van der Waals surface area contributed by atoms with Crippen molar-refractivity contribution >= 4 is 39.4 Å². The van der Waals surface area contributed by atoms with Crippen LogP contribution in [0.5, 0.6) is 0 Å². The Morgan fingerprint density at radius 1 is 0.604 bits per heavy atom. The number of fused-ring (bicyclic) bond motifs is 3. The summed E-state index contributed by atoms with van der Waals surface area (Å²) in [5, 5.41) is 20.8. The Morgan fingerprint density at radius 3 is 1.48 bits per heavy atom. The maximum Gasteiger partial charge on any atom is 0.145 e. The monoisotopic (exact) mass is 640 g/mol. The highest BCUT2D eigenvalue weighted by atomic mass is 16.3. The SMILES string of the molecule is CCCCN(CCCC)c1ccc(-c2cc3c(o2)c(C=C(C#N)C#N)cc2cc(-c4ccc(N(CCCC)CCCC)cc4)oc23)cc1. The van der Waals surface area contributed by atoms with Crippen LogP contribution in [0.4, 0.5) is 11.4 Å². The lowest BCUT2D eigenvalue weighted by molar-refractivity contribution is 0.626. The van der Waals surface area contributed by atoms with Crippen LogP contribution >= 0.6 is 0 Å². The topological polar surface area (TPSA) is 80.3 Å². The fourth-order valence-corrected chi connectivity index (χ4v) is 6.18. The van der Waals surface area contributed by atoms with E-state index >= 15 is 0 Å². The molecule has 0 aliphatic heterocycles. The molecule has 6 nitrogen and oxygen atoms in total. The molecule has 0 atom stereocenters. The summed E-state index contributed by atoms with van der Waals surface area (Å²) in [5.41, 5.74) is 6.42. The molecule has 5 rings (SSSR count). The van der Waals surface area contributed by atoms with E-state index in [1.165, 1.54) is 62.7 Å². The van der Waals surface area contributed by atoms with Gasteiger partial charge in [-0.25, -0.2) is 0 Å². The standard InChI is InChI=1S/C42H48N4O2/c1-5-9-21-45(22-10-6-2)36-17-13-32(14-18-36)39-27-35-26-34(25-31(29-43)30-44)41-38(42(35)47-39)28-40(48-41)33-15-19-37(20-16-33)46(23-11-7-3)24-12-8-4/h13-20,25-28H,5-12,21-24H2,1-4H3. The third-order valence-corrected chi connectivity index (χ3v) is 9.01. The molecule has 0 aliphatic rings. The van der Waals surface area contributed by atoms with Gasteiger partial charge in [-0.1, -0.05) is 53.4 Å². The number of nitriles is 2. The molecule has 3 aromatic carbocycles. The zero-order chi connectivity index (χ0) is 33.9. The number of benzene rings is 3. The molecular weight excluding hydrogens is 592 g/mol. The van der Waals surface area contributed by atoms with E-state index in [9.17, 15) is 10.5 Å². The van der Waals surface area contributed by atoms with Crippen LogP contribution in [0.2, 0.25) is 0 Å². The Labute approximate surface area is 285 Å². The normalized spacial score (nSPS) is 11.0. The molecule has 48 heavy (non-hydrogen) atoms. The van der Waals surface area contributed by atoms with Gasteiger partial charge in [0.1, 0.15) is 40.4 Å². The van der Waals surface area contributed by atoms with Crippen LogP contribution in [0.25, 0.3) is 50.7 Å². The van der Waals surface area contributed by atoms with Gasteiger partial charge in [0.15, 0.2) is 0 Å². The molecular formula is C42H48N4O2. The second-order valence-electron chi connectivity index (χ2n) is 12.6. The summed E-state index contributed by atoms with van der Waals surface area (Å²) in [6, 6.07) is 27.2. The summed E-state index contributed by atoms with van der Waals surface area (Å²) >= 11 is 0. The van der Waals surface area contributed by atoms with Crippen molar-refractivity contribution < 1.29 is 8.83 Å². The lowest BCUT2D eigenvalue weighted by atomic mass is 10.0. The van der Waals surface area contributed by atoms with Crippen molar-refractivity contribution in [2.24, 2.45) is 0 Å². The molecule has 0 aliphatic carbocycles. The zero-order valence-electron chi connectivity index (χ0n) is 29.0. The van der Waals surface area contributed by atoms with Gasteiger partial charge in [0.25, 0.3) is 0 Å². The minimum absolute atomic E-state index is 0.0206. The van der Waals surface area contributed by atoms with Gasteiger partial charge in [-0.15, -0.1) is 0 Å². The maximum absolute atomic E-state index is 9.55. The number of unbranched alkanes of at least 4 members (excludes halogenated alkanes) is 4. The van der Waals surface area contributed by atoms with E-state index in [1.807, 2.05) is 30.3 Å². The number of allylic oxidation sites excluding steroid dienone is 1. The second kappa shape index (κ2) is 16.8. The van der Waals surface area contributed by atoms with Crippen molar-refractivity contribution in [3.05, 3.63) is 77.9 Å². The van der Waals surface area contributed by atoms with E-state index in [4.69, 9.17) is 8.83 Å².